The molecule has 1 aliphatic rings. The van der Waals surface area contributed by atoms with Gasteiger partial charge in [-0.05, 0) is 66.6 Å². The van der Waals surface area contributed by atoms with Crippen LogP contribution in [0.1, 0.15) is 63.6 Å². The van der Waals surface area contributed by atoms with E-state index < -0.39 is 0 Å². The highest BCUT2D eigenvalue weighted by molar-refractivity contribution is 9.10. The van der Waals surface area contributed by atoms with Crippen LogP contribution in [0.15, 0.2) is 15.9 Å². The third-order valence-corrected chi connectivity index (χ3v) is 7.17. The van der Waals surface area contributed by atoms with Gasteiger partial charge in [-0.2, -0.15) is 0 Å². The molecule has 2 heterocycles. The summed E-state index contributed by atoms with van der Waals surface area (Å²) in [6.07, 6.45) is 4.66. The van der Waals surface area contributed by atoms with Crippen molar-refractivity contribution in [1.29, 1.82) is 0 Å². The van der Waals surface area contributed by atoms with Gasteiger partial charge in [-0.3, -0.25) is 4.79 Å². The summed E-state index contributed by atoms with van der Waals surface area (Å²) in [4.78, 5) is 27.1. The average molecular weight is 442 g/mol. The fourth-order valence-corrected chi connectivity index (χ4v) is 5.39. The summed E-state index contributed by atoms with van der Waals surface area (Å²) in [5.41, 5.74) is 1.62. The Morgan fingerprint density at radius 2 is 2.12 bits per heavy atom. The highest BCUT2D eigenvalue weighted by atomic mass is 79.9. The summed E-state index contributed by atoms with van der Waals surface area (Å²) < 4.78 is 6.43. The van der Waals surface area contributed by atoms with E-state index in [1.54, 1.807) is 6.07 Å². The smallest absolute Gasteiger partial charge is 0.341 e. The highest BCUT2D eigenvalue weighted by Gasteiger charge is 2.28. The molecule has 2 aromatic rings. The first-order chi connectivity index (χ1) is 12.0. The summed E-state index contributed by atoms with van der Waals surface area (Å²) in [5.74, 6) is -0.511. The molecule has 2 aromatic heterocycles. The number of halogens is 1. The van der Waals surface area contributed by atoms with E-state index in [0.717, 1.165) is 42.1 Å². The van der Waals surface area contributed by atoms with Crippen LogP contribution in [-0.4, -0.2) is 18.0 Å². The molecule has 0 aliphatic heterocycles. The Bertz CT molecular complexity index is 796. The van der Waals surface area contributed by atoms with E-state index in [4.69, 9.17) is 4.74 Å². The summed E-state index contributed by atoms with van der Waals surface area (Å²) in [6.45, 7) is 3.87. The van der Waals surface area contributed by atoms with Crippen molar-refractivity contribution < 1.29 is 14.3 Å². The molecule has 0 bridgehead atoms. The highest BCUT2D eigenvalue weighted by Crippen LogP contribution is 2.39. The Morgan fingerprint density at radius 3 is 2.80 bits per heavy atom. The lowest BCUT2D eigenvalue weighted by Crippen LogP contribution is -2.18. The molecule has 1 atom stereocenters. The number of thiophene rings is 2. The van der Waals surface area contributed by atoms with Gasteiger partial charge in [-0.1, -0.05) is 6.92 Å². The van der Waals surface area contributed by atoms with Crippen LogP contribution in [0.4, 0.5) is 5.00 Å². The molecule has 0 aromatic carbocycles. The van der Waals surface area contributed by atoms with E-state index in [-0.39, 0.29) is 18.0 Å². The number of amides is 1. The van der Waals surface area contributed by atoms with Crippen LogP contribution in [0.5, 0.6) is 0 Å². The van der Waals surface area contributed by atoms with E-state index in [1.165, 1.54) is 27.6 Å². The van der Waals surface area contributed by atoms with Crippen molar-refractivity contribution in [3.63, 3.8) is 0 Å². The van der Waals surface area contributed by atoms with Crippen molar-refractivity contribution in [2.75, 3.05) is 5.32 Å². The van der Waals surface area contributed by atoms with Gasteiger partial charge in [0.25, 0.3) is 5.91 Å². The van der Waals surface area contributed by atoms with Crippen LogP contribution in [0.3, 0.4) is 0 Å². The van der Waals surface area contributed by atoms with Crippen LogP contribution in [0.2, 0.25) is 0 Å². The van der Waals surface area contributed by atoms with Gasteiger partial charge < -0.3 is 10.1 Å². The minimum Gasteiger partial charge on any atom is -0.459 e. The van der Waals surface area contributed by atoms with E-state index in [2.05, 4.69) is 21.2 Å². The number of rotatable bonds is 5. The first kappa shape index (κ1) is 18.6. The number of aryl methyl sites for hydroxylation is 1. The number of ether oxygens (including phenoxy) is 1. The van der Waals surface area contributed by atoms with E-state index >= 15 is 0 Å². The number of nitrogens with one attached hydrogen (secondary N) is 1. The molecule has 0 radical (unpaired) electrons. The second kappa shape index (κ2) is 8.01. The van der Waals surface area contributed by atoms with Crippen molar-refractivity contribution in [1.82, 2.24) is 0 Å². The molecule has 134 valence electrons. The molecular weight excluding hydrogens is 422 g/mol. The molecule has 3 rings (SSSR count). The van der Waals surface area contributed by atoms with Crippen LogP contribution in [0.25, 0.3) is 0 Å². The maximum absolute atomic E-state index is 12.7. The Morgan fingerprint density at radius 1 is 1.36 bits per heavy atom. The molecule has 25 heavy (non-hydrogen) atoms. The number of hydrogen-bond donors (Lipinski definition) is 1. The van der Waals surface area contributed by atoms with Gasteiger partial charge in [0.2, 0.25) is 0 Å². The molecule has 0 saturated heterocycles. The van der Waals surface area contributed by atoms with Gasteiger partial charge in [0, 0.05) is 14.7 Å². The van der Waals surface area contributed by atoms with Crippen molar-refractivity contribution in [3.8, 4) is 0 Å². The van der Waals surface area contributed by atoms with Crippen molar-refractivity contribution in [2.45, 2.75) is 52.1 Å². The Balaban J connectivity index is 1.91. The SMILES string of the molecule is CC[C@H](C)OC(=O)c1c(NC(=O)c2cc(Br)cs2)sc2c1CCCC2. The minimum absolute atomic E-state index is 0.136. The number of fused-ring (bicyclic) bond motifs is 1. The van der Waals surface area contributed by atoms with Gasteiger partial charge in [0.15, 0.2) is 0 Å². The maximum Gasteiger partial charge on any atom is 0.341 e. The molecule has 0 saturated carbocycles. The quantitative estimate of drug-likeness (QED) is 0.608. The van der Waals surface area contributed by atoms with Gasteiger partial charge in [-0.15, -0.1) is 22.7 Å². The predicted molar refractivity (Wildman–Crippen MR) is 106 cm³/mol. The second-order valence-electron chi connectivity index (χ2n) is 6.12. The Hall–Kier alpha value is -1.18. The molecule has 0 spiro atoms. The number of anilines is 1. The first-order valence-corrected chi connectivity index (χ1v) is 10.9. The lowest BCUT2D eigenvalue weighted by Gasteiger charge is -2.15. The first-order valence-electron chi connectivity index (χ1n) is 8.40. The fourth-order valence-electron chi connectivity index (χ4n) is 2.79. The monoisotopic (exact) mass is 441 g/mol. The van der Waals surface area contributed by atoms with Gasteiger partial charge in [0.1, 0.15) is 5.00 Å². The number of hydrogen-bond acceptors (Lipinski definition) is 5. The standard InChI is InChI=1S/C18H20BrNO3S2/c1-3-10(2)23-18(22)15-12-6-4-5-7-13(12)25-17(15)20-16(21)14-8-11(19)9-24-14/h8-10H,3-7H2,1-2H3,(H,20,21)/t10-/m0/s1. The maximum atomic E-state index is 12.7. The lowest BCUT2D eigenvalue weighted by atomic mass is 9.95. The van der Waals surface area contributed by atoms with Gasteiger partial charge in [-0.25, -0.2) is 4.79 Å². The van der Waals surface area contributed by atoms with E-state index in [9.17, 15) is 9.59 Å². The van der Waals surface area contributed by atoms with Crippen LogP contribution >= 0.6 is 38.6 Å². The topological polar surface area (TPSA) is 55.4 Å². The van der Waals surface area contributed by atoms with Crippen LogP contribution in [-0.2, 0) is 17.6 Å². The van der Waals surface area contributed by atoms with E-state index in [0.29, 0.717) is 15.4 Å². The molecule has 7 heteroatoms. The summed E-state index contributed by atoms with van der Waals surface area (Å²) >= 11 is 6.25. The largest absolute Gasteiger partial charge is 0.459 e. The van der Waals surface area contributed by atoms with Crippen molar-refractivity contribution >= 4 is 55.5 Å². The number of carbonyl (C=O) groups is 2. The second-order valence-corrected chi connectivity index (χ2v) is 9.05. The minimum atomic E-state index is -0.323. The van der Waals surface area contributed by atoms with Gasteiger partial charge >= 0.3 is 5.97 Å². The summed E-state index contributed by atoms with van der Waals surface area (Å²) in [6, 6.07) is 1.78. The summed E-state index contributed by atoms with van der Waals surface area (Å²) in [5, 5.41) is 5.43. The lowest BCUT2D eigenvalue weighted by molar-refractivity contribution is 0.0335. The molecule has 0 fully saturated rings. The zero-order chi connectivity index (χ0) is 18.0. The van der Waals surface area contributed by atoms with Crippen LogP contribution < -0.4 is 5.32 Å². The molecule has 0 unspecified atom stereocenters. The molecule has 1 aliphatic carbocycles. The Kier molecular flexibility index (Phi) is 5.96. The average Bonchev–Trinajstić information content (AvgIpc) is 3.17. The van der Waals surface area contributed by atoms with Crippen molar-refractivity contribution in [3.05, 3.63) is 36.8 Å². The van der Waals surface area contributed by atoms with Crippen molar-refractivity contribution in [2.24, 2.45) is 0 Å². The predicted octanol–water partition coefficient (Wildman–Crippen LogP) is 5.66. The molecular formula is C18H20BrNO3S2. The third-order valence-electron chi connectivity index (χ3n) is 4.28. The third kappa shape index (κ3) is 4.15. The zero-order valence-corrected chi connectivity index (χ0v) is 17.4. The number of carbonyl (C=O) groups excluding carboxylic acids is 2. The van der Waals surface area contributed by atoms with Gasteiger partial charge in [0.05, 0.1) is 16.5 Å². The fraction of sp³-hybridized carbons (Fsp3) is 0.444. The number of esters is 1. The summed E-state index contributed by atoms with van der Waals surface area (Å²) in [7, 11) is 0. The normalized spacial score (nSPS) is 14.7. The van der Waals surface area contributed by atoms with E-state index in [1.807, 2.05) is 19.2 Å². The molecule has 1 amide bonds. The molecule has 4 nitrogen and oxygen atoms in total. The molecule has 1 N–H and O–H groups in total. The van der Waals surface area contributed by atoms with Crippen LogP contribution in [0, 0.1) is 0 Å². The Labute approximate surface area is 163 Å². The zero-order valence-electron chi connectivity index (χ0n) is 14.2.